The summed E-state index contributed by atoms with van der Waals surface area (Å²) in [7, 11) is 0. The molecule has 5 unspecified atom stereocenters. The molecule has 26 heavy (non-hydrogen) atoms. The Morgan fingerprint density at radius 2 is 1.81 bits per heavy atom. The van der Waals surface area contributed by atoms with Gasteiger partial charge in [0, 0.05) is 13.0 Å². The highest BCUT2D eigenvalue weighted by atomic mass is 16.7. The molecule has 0 aromatic heterocycles. The predicted octanol–water partition coefficient (Wildman–Crippen LogP) is -0.681. The number of phenols is 1. The highest BCUT2D eigenvalue weighted by Crippen LogP contribution is 2.25. The van der Waals surface area contributed by atoms with E-state index in [2.05, 4.69) is 0 Å². The fourth-order valence-electron chi connectivity index (χ4n) is 2.43. The topological polar surface area (TPSA) is 143 Å². The van der Waals surface area contributed by atoms with Gasteiger partial charge >= 0.3 is 11.9 Å². The molecule has 1 aliphatic heterocycles. The van der Waals surface area contributed by atoms with Gasteiger partial charge in [0.25, 0.3) is 0 Å². The fraction of sp³-hybridized carbons (Fsp3) is 0.412. The van der Waals surface area contributed by atoms with Gasteiger partial charge in [0.05, 0.1) is 6.61 Å². The van der Waals surface area contributed by atoms with Crippen molar-refractivity contribution >= 4 is 18.0 Å². The largest absolute Gasteiger partial charge is 0.508 e. The van der Waals surface area contributed by atoms with Crippen molar-refractivity contribution in [3.05, 3.63) is 35.9 Å². The summed E-state index contributed by atoms with van der Waals surface area (Å²) in [5.41, 5.74) is 0.608. The molecule has 1 saturated heterocycles. The van der Waals surface area contributed by atoms with E-state index in [-0.39, 0.29) is 5.75 Å². The smallest absolute Gasteiger partial charge is 0.331 e. The highest BCUT2D eigenvalue weighted by Gasteiger charge is 2.48. The summed E-state index contributed by atoms with van der Waals surface area (Å²) in [6.07, 6.45) is -4.80. The summed E-state index contributed by atoms with van der Waals surface area (Å²) in [6, 6.07) is 6.00. The second kappa shape index (κ2) is 8.77. The van der Waals surface area contributed by atoms with E-state index in [1.165, 1.54) is 18.2 Å². The Hall–Kier alpha value is -2.46. The van der Waals surface area contributed by atoms with E-state index in [9.17, 15) is 24.9 Å². The molecule has 0 radical (unpaired) electrons. The first-order valence-electron chi connectivity index (χ1n) is 7.79. The van der Waals surface area contributed by atoms with Crippen LogP contribution in [0, 0.1) is 0 Å². The number of aromatic hydroxyl groups is 1. The zero-order valence-corrected chi connectivity index (χ0v) is 13.9. The van der Waals surface area contributed by atoms with Crippen molar-refractivity contribution in [2.75, 3.05) is 6.61 Å². The average molecular weight is 368 g/mol. The molecule has 9 heteroatoms. The Bertz CT molecular complexity index is 655. The van der Waals surface area contributed by atoms with Gasteiger partial charge in [0.2, 0.25) is 0 Å². The standard InChI is InChI=1S/C17H20O9/c1-9(19)24-15-14(22)12(8-18)25-17(23)16(15)26-13(21)7-4-10-2-5-11(20)6-3-10/h2-7,12,14-18,20,22-23H,8H2,1H3/b7-4+. The van der Waals surface area contributed by atoms with Gasteiger partial charge in [-0.05, 0) is 23.8 Å². The predicted molar refractivity (Wildman–Crippen MR) is 86.5 cm³/mol. The highest BCUT2D eigenvalue weighted by molar-refractivity contribution is 5.87. The van der Waals surface area contributed by atoms with Crippen LogP contribution >= 0.6 is 0 Å². The molecule has 1 aromatic carbocycles. The lowest BCUT2D eigenvalue weighted by Crippen LogP contribution is -2.61. The monoisotopic (exact) mass is 368 g/mol. The maximum atomic E-state index is 12.0. The molecule has 142 valence electrons. The van der Waals surface area contributed by atoms with Gasteiger partial charge < -0.3 is 34.6 Å². The zero-order chi connectivity index (χ0) is 19.3. The third-order valence-electron chi connectivity index (χ3n) is 3.68. The van der Waals surface area contributed by atoms with E-state index in [1.54, 1.807) is 12.1 Å². The first-order chi connectivity index (χ1) is 12.3. The number of carbonyl (C=O) groups is 2. The molecular formula is C17H20O9. The van der Waals surface area contributed by atoms with Crippen molar-refractivity contribution in [1.29, 1.82) is 0 Å². The molecule has 1 aromatic rings. The molecule has 1 fully saturated rings. The molecule has 0 amide bonds. The third-order valence-corrected chi connectivity index (χ3v) is 3.68. The second-order valence-corrected chi connectivity index (χ2v) is 5.64. The number of aliphatic hydroxyl groups is 3. The van der Waals surface area contributed by atoms with Crippen LogP contribution in [0.25, 0.3) is 6.08 Å². The lowest BCUT2D eigenvalue weighted by Gasteiger charge is -2.40. The number of ether oxygens (including phenoxy) is 3. The fourth-order valence-corrected chi connectivity index (χ4v) is 2.43. The summed E-state index contributed by atoms with van der Waals surface area (Å²) < 4.78 is 15.0. The van der Waals surface area contributed by atoms with Crippen molar-refractivity contribution in [3.63, 3.8) is 0 Å². The molecule has 4 N–H and O–H groups in total. The Labute approximate surface area is 149 Å². The summed E-state index contributed by atoms with van der Waals surface area (Å²) in [6.45, 7) is 0.462. The number of benzene rings is 1. The van der Waals surface area contributed by atoms with Gasteiger partial charge in [-0.1, -0.05) is 12.1 Å². The van der Waals surface area contributed by atoms with Crippen LogP contribution in [0.1, 0.15) is 12.5 Å². The number of hydrogen-bond donors (Lipinski definition) is 4. The van der Waals surface area contributed by atoms with Crippen LogP contribution in [0.3, 0.4) is 0 Å². The maximum Gasteiger partial charge on any atom is 0.331 e. The summed E-state index contributed by atoms with van der Waals surface area (Å²) in [4.78, 5) is 23.2. The van der Waals surface area contributed by atoms with E-state index >= 15 is 0 Å². The number of aliphatic hydroxyl groups excluding tert-OH is 3. The molecule has 2 rings (SSSR count). The molecule has 0 spiro atoms. The Morgan fingerprint density at radius 3 is 2.38 bits per heavy atom. The molecule has 0 saturated carbocycles. The van der Waals surface area contributed by atoms with Crippen molar-refractivity contribution in [3.8, 4) is 5.75 Å². The van der Waals surface area contributed by atoms with Crippen molar-refractivity contribution < 1.29 is 44.2 Å². The molecule has 0 aliphatic carbocycles. The number of hydrogen-bond acceptors (Lipinski definition) is 9. The van der Waals surface area contributed by atoms with Crippen LogP contribution < -0.4 is 0 Å². The van der Waals surface area contributed by atoms with Crippen LogP contribution in [-0.4, -0.2) is 69.7 Å². The van der Waals surface area contributed by atoms with Crippen molar-refractivity contribution in [2.24, 2.45) is 0 Å². The Balaban J connectivity index is 2.09. The van der Waals surface area contributed by atoms with Gasteiger partial charge in [0.1, 0.15) is 18.0 Å². The number of phenolic OH excluding ortho intramolecular Hbond substituents is 1. The summed E-state index contributed by atoms with van der Waals surface area (Å²) >= 11 is 0. The van der Waals surface area contributed by atoms with Gasteiger partial charge in [-0.15, -0.1) is 0 Å². The Kier molecular flexibility index (Phi) is 6.70. The normalized spacial score (nSPS) is 28.7. The quantitative estimate of drug-likeness (QED) is 0.392. The average Bonchev–Trinajstić information content (AvgIpc) is 2.60. The number of carbonyl (C=O) groups excluding carboxylic acids is 2. The van der Waals surface area contributed by atoms with Crippen LogP contribution in [0.2, 0.25) is 0 Å². The lowest BCUT2D eigenvalue weighted by molar-refractivity contribution is -0.292. The van der Waals surface area contributed by atoms with Gasteiger partial charge in [-0.2, -0.15) is 0 Å². The van der Waals surface area contributed by atoms with E-state index in [4.69, 9.17) is 19.3 Å². The van der Waals surface area contributed by atoms with E-state index in [0.29, 0.717) is 5.56 Å². The number of rotatable bonds is 5. The molecular weight excluding hydrogens is 348 g/mol. The minimum Gasteiger partial charge on any atom is -0.508 e. The Morgan fingerprint density at radius 1 is 1.15 bits per heavy atom. The van der Waals surface area contributed by atoms with E-state index in [0.717, 1.165) is 13.0 Å². The van der Waals surface area contributed by atoms with Crippen molar-refractivity contribution in [2.45, 2.75) is 37.6 Å². The minimum atomic E-state index is -1.70. The van der Waals surface area contributed by atoms with E-state index < -0.39 is 49.3 Å². The second-order valence-electron chi connectivity index (χ2n) is 5.64. The molecule has 0 bridgehead atoms. The van der Waals surface area contributed by atoms with Gasteiger partial charge in [-0.25, -0.2) is 4.79 Å². The minimum absolute atomic E-state index is 0.0730. The van der Waals surface area contributed by atoms with E-state index in [1.807, 2.05) is 0 Å². The third kappa shape index (κ3) is 5.02. The first-order valence-corrected chi connectivity index (χ1v) is 7.79. The lowest BCUT2D eigenvalue weighted by atomic mass is 9.99. The van der Waals surface area contributed by atoms with Gasteiger partial charge in [-0.3, -0.25) is 4.79 Å². The number of esters is 2. The summed E-state index contributed by atoms with van der Waals surface area (Å²) in [5, 5.41) is 38.4. The van der Waals surface area contributed by atoms with Crippen LogP contribution in [0.15, 0.2) is 30.3 Å². The molecule has 5 atom stereocenters. The molecule has 9 nitrogen and oxygen atoms in total. The first kappa shape index (κ1) is 19.9. The van der Waals surface area contributed by atoms with Gasteiger partial charge in [0.15, 0.2) is 18.5 Å². The van der Waals surface area contributed by atoms with Crippen LogP contribution in [0.5, 0.6) is 5.75 Å². The SMILES string of the molecule is CC(=O)OC1C(O)C(CO)OC(O)C1OC(=O)/C=C/c1ccc(O)cc1. The molecule has 1 heterocycles. The van der Waals surface area contributed by atoms with Crippen LogP contribution in [0.4, 0.5) is 0 Å². The molecule has 1 aliphatic rings. The van der Waals surface area contributed by atoms with Crippen LogP contribution in [-0.2, 0) is 23.8 Å². The zero-order valence-electron chi connectivity index (χ0n) is 13.9. The van der Waals surface area contributed by atoms with Crippen molar-refractivity contribution in [1.82, 2.24) is 0 Å². The summed E-state index contributed by atoms with van der Waals surface area (Å²) in [5.74, 6) is -1.57. The maximum absolute atomic E-state index is 12.0.